The highest BCUT2D eigenvalue weighted by Gasteiger charge is 2.25. The SMILES string of the molecule is CCCCC(CC)OCC1COC(COCC2COC(CO)CO2)CO1. The molecule has 7 heteroatoms. The van der Waals surface area contributed by atoms with Crippen LogP contribution in [0.1, 0.15) is 39.5 Å². The molecule has 2 aliphatic heterocycles. The molecule has 0 aromatic rings. The molecule has 0 aromatic heterocycles. The maximum atomic E-state index is 8.99. The number of rotatable bonds is 12. The van der Waals surface area contributed by atoms with E-state index >= 15 is 0 Å². The van der Waals surface area contributed by atoms with Gasteiger partial charge in [-0.25, -0.2) is 0 Å². The summed E-state index contributed by atoms with van der Waals surface area (Å²) in [6.07, 6.45) is 4.53. The van der Waals surface area contributed by atoms with Crippen molar-refractivity contribution in [2.45, 2.75) is 70.1 Å². The van der Waals surface area contributed by atoms with Crippen molar-refractivity contribution in [2.24, 2.45) is 0 Å². The zero-order valence-corrected chi connectivity index (χ0v) is 16.3. The van der Waals surface area contributed by atoms with Crippen molar-refractivity contribution < 1.29 is 33.5 Å². The van der Waals surface area contributed by atoms with Crippen molar-refractivity contribution in [3.05, 3.63) is 0 Å². The molecule has 154 valence electrons. The maximum Gasteiger partial charge on any atom is 0.104 e. The Bertz CT molecular complexity index is 339. The topological polar surface area (TPSA) is 75.6 Å². The Labute approximate surface area is 157 Å². The molecule has 7 nitrogen and oxygen atoms in total. The summed E-state index contributed by atoms with van der Waals surface area (Å²) < 4.78 is 34.3. The summed E-state index contributed by atoms with van der Waals surface area (Å²) in [7, 11) is 0. The van der Waals surface area contributed by atoms with Crippen LogP contribution in [0.25, 0.3) is 0 Å². The summed E-state index contributed by atoms with van der Waals surface area (Å²) in [5.41, 5.74) is 0. The molecule has 5 atom stereocenters. The number of aliphatic hydroxyl groups is 1. The largest absolute Gasteiger partial charge is 0.394 e. The van der Waals surface area contributed by atoms with Gasteiger partial charge in [0.25, 0.3) is 0 Å². The molecule has 1 N–H and O–H groups in total. The number of hydrogen-bond donors (Lipinski definition) is 1. The van der Waals surface area contributed by atoms with Gasteiger partial charge < -0.3 is 33.5 Å². The second-order valence-electron chi connectivity index (χ2n) is 7.05. The Morgan fingerprint density at radius 3 is 1.85 bits per heavy atom. The second kappa shape index (κ2) is 13.0. The molecule has 0 amide bonds. The fourth-order valence-corrected chi connectivity index (χ4v) is 2.97. The average molecular weight is 376 g/mol. The third-order valence-corrected chi connectivity index (χ3v) is 4.74. The van der Waals surface area contributed by atoms with E-state index in [0.29, 0.717) is 52.4 Å². The van der Waals surface area contributed by atoms with E-state index in [1.54, 1.807) is 0 Å². The number of aliphatic hydroxyl groups excluding tert-OH is 1. The standard InChI is InChI=1S/C19H36O7/c1-3-5-6-15(4-2)22-13-19-14-25-18(12-26-19)9-21-8-17-11-23-16(7-20)10-24-17/h15-20H,3-14H2,1-2H3. The lowest BCUT2D eigenvalue weighted by atomic mass is 10.1. The van der Waals surface area contributed by atoms with Crippen LogP contribution in [0, 0.1) is 0 Å². The first-order chi connectivity index (χ1) is 12.7. The Kier molecular flexibility index (Phi) is 11.0. The van der Waals surface area contributed by atoms with Gasteiger partial charge in [0.15, 0.2) is 0 Å². The smallest absolute Gasteiger partial charge is 0.104 e. The van der Waals surface area contributed by atoms with E-state index in [9.17, 15) is 0 Å². The molecule has 0 radical (unpaired) electrons. The lowest BCUT2D eigenvalue weighted by Gasteiger charge is -2.31. The minimum atomic E-state index is -0.213. The van der Waals surface area contributed by atoms with E-state index in [0.717, 1.165) is 12.8 Å². The summed E-state index contributed by atoms with van der Waals surface area (Å²) in [5.74, 6) is 0. The normalized spacial score (nSPS) is 31.0. The summed E-state index contributed by atoms with van der Waals surface area (Å²) >= 11 is 0. The molecule has 2 aliphatic rings. The van der Waals surface area contributed by atoms with Crippen molar-refractivity contribution in [1.82, 2.24) is 0 Å². The number of unbranched alkanes of at least 4 members (excludes halogenated alkanes) is 1. The van der Waals surface area contributed by atoms with Gasteiger partial charge >= 0.3 is 0 Å². The van der Waals surface area contributed by atoms with Crippen LogP contribution in [-0.4, -0.2) is 88.5 Å². The van der Waals surface area contributed by atoms with Crippen molar-refractivity contribution in [3.8, 4) is 0 Å². The number of ether oxygens (including phenoxy) is 6. The molecular weight excluding hydrogens is 340 g/mol. The molecule has 2 rings (SSSR count). The molecule has 2 fully saturated rings. The molecule has 2 heterocycles. The van der Waals surface area contributed by atoms with Crippen LogP contribution in [0.5, 0.6) is 0 Å². The summed E-state index contributed by atoms with van der Waals surface area (Å²) in [4.78, 5) is 0. The fraction of sp³-hybridized carbons (Fsp3) is 1.00. The zero-order valence-electron chi connectivity index (χ0n) is 16.3. The third-order valence-electron chi connectivity index (χ3n) is 4.74. The van der Waals surface area contributed by atoms with Gasteiger partial charge in [0, 0.05) is 0 Å². The first kappa shape index (κ1) is 22.0. The van der Waals surface area contributed by atoms with Gasteiger partial charge in [-0.15, -0.1) is 0 Å². The molecule has 0 saturated carbocycles. The monoisotopic (exact) mass is 376 g/mol. The minimum Gasteiger partial charge on any atom is -0.394 e. The fourth-order valence-electron chi connectivity index (χ4n) is 2.97. The minimum absolute atomic E-state index is 0.00687. The second-order valence-corrected chi connectivity index (χ2v) is 7.05. The molecule has 5 unspecified atom stereocenters. The van der Waals surface area contributed by atoms with Crippen LogP contribution in [0.3, 0.4) is 0 Å². The van der Waals surface area contributed by atoms with Crippen molar-refractivity contribution in [2.75, 3.05) is 52.9 Å². The summed E-state index contributed by atoms with van der Waals surface area (Å²) in [6.45, 7) is 7.80. The highest BCUT2D eigenvalue weighted by molar-refractivity contribution is 4.70. The molecule has 0 aliphatic carbocycles. The molecule has 0 bridgehead atoms. The van der Waals surface area contributed by atoms with Gasteiger partial charge in [-0.2, -0.15) is 0 Å². The van der Waals surface area contributed by atoms with Gasteiger partial charge in [0.2, 0.25) is 0 Å². The molecule has 0 spiro atoms. The predicted molar refractivity (Wildman–Crippen MR) is 96.4 cm³/mol. The zero-order chi connectivity index (χ0) is 18.6. The highest BCUT2D eigenvalue weighted by atomic mass is 16.6. The van der Waals surface area contributed by atoms with Crippen LogP contribution >= 0.6 is 0 Å². The van der Waals surface area contributed by atoms with E-state index in [2.05, 4.69) is 13.8 Å². The van der Waals surface area contributed by atoms with Gasteiger partial charge in [0.05, 0.1) is 59.0 Å². The third kappa shape index (κ3) is 8.17. The lowest BCUT2D eigenvalue weighted by Crippen LogP contribution is -2.43. The Balaban J connectivity index is 1.50. The quantitative estimate of drug-likeness (QED) is 0.554. The van der Waals surface area contributed by atoms with E-state index in [-0.39, 0.29) is 31.0 Å². The van der Waals surface area contributed by atoms with Gasteiger partial charge in [-0.1, -0.05) is 26.7 Å². The molecule has 2 saturated heterocycles. The Hall–Kier alpha value is -0.280. The Morgan fingerprint density at radius 2 is 1.38 bits per heavy atom. The van der Waals surface area contributed by atoms with E-state index < -0.39 is 0 Å². The van der Waals surface area contributed by atoms with Crippen molar-refractivity contribution >= 4 is 0 Å². The Morgan fingerprint density at radius 1 is 0.846 bits per heavy atom. The van der Waals surface area contributed by atoms with Crippen LogP contribution in [0.4, 0.5) is 0 Å². The van der Waals surface area contributed by atoms with Crippen molar-refractivity contribution in [1.29, 1.82) is 0 Å². The molecule has 0 aromatic carbocycles. The lowest BCUT2D eigenvalue weighted by molar-refractivity contribution is -0.186. The molecule has 26 heavy (non-hydrogen) atoms. The van der Waals surface area contributed by atoms with Crippen molar-refractivity contribution in [3.63, 3.8) is 0 Å². The predicted octanol–water partition coefficient (Wildman–Crippen LogP) is 1.55. The summed E-state index contributed by atoms with van der Waals surface area (Å²) in [6, 6.07) is 0. The first-order valence-corrected chi connectivity index (χ1v) is 10.0. The van der Waals surface area contributed by atoms with Crippen LogP contribution < -0.4 is 0 Å². The van der Waals surface area contributed by atoms with Crippen LogP contribution in [-0.2, 0) is 28.4 Å². The first-order valence-electron chi connectivity index (χ1n) is 10.0. The van der Waals surface area contributed by atoms with Gasteiger partial charge in [-0.05, 0) is 12.8 Å². The maximum absolute atomic E-state index is 8.99. The van der Waals surface area contributed by atoms with Crippen LogP contribution in [0.15, 0.2) is 0 Å². The summed E-state index contributed by atoms with van der Waals surface area (Å²) in [5, 5.41) is 8.99. The number of hydrogen-bond acceptors (Lipinski definition) is 7. The van der Waals surface area contributed by atoms with Gasteiger partial charge in [0.1, 0.15) is 24.4 Å². The van der Waals surface area contributed by atoms with Crippen LogP contribution in [0.2, 0.25) is 0 Å². The highest BCUT2D eigenvalue weighted by Crippen LogP contribution is 2.13. The van der Waals surface area contributed by atoms with Gasteiger partial charge in [-0.3, -0.25) is 0 Å². The van der Waals surface area contributed by atoms with E-state index in [1.807, 2.05) is 0 Å². The van der Waals surface area contributed by atoms with E-state index in [1.165, 1.54) is 12.8 Å². The van der Waals surface area contributed by atoms with E-state index in [4.69, 9.17) is 33.5 Å². The molecular formula is C19H36O7. The average Bonchev–Trinajstić information content (AvgIpc) is 2.70.